The van der Waals surface area contributed by atoms with Crippen LogP contribution in [0.25, 0.3) is 0 Å². The average molecular weight is 687 g/mol. The summed E-state index contributed by atoms with van der Waals surface area (Å²) in [5.74, 6) is -1.89. The van der Waals surface area contributed by atoms with Crippen LogP contribution < -0.4 is 0 Å². The average Bonchev–Trinajstić information content (AvgIpc) is 3.03. The van der Waals surface area contributed by atoms with Crippen LogP contribution in [-0.4, -0.2) is 119 Å². The van der Waals surface area contributed by atoms with Gasteiger partial charge in [0.2, 0.25) is 0 Å². The van der Waals surface area contributed by atoms with Crippen LogP contribution in [0.15, 0.2) is 24.3 Å². The Balaban J connectivity index is 1.82. The Hall–Kier alpha value is -2.43. The first-order valence-electron chi connectivity index (χ1n) is 17.1. The van der Waals surface area contributed by atoms with E-state index in [-0.39, 0.29) is 19.1 Å². The number of rotatable bonds is 4. The minimum Gasteiger partial charge on any atom is -0.463 e. The molecule has 0 aliphatic carbocycles. The van der Waals surface area contributed by atoms with Gasteiger partial charge in [-0.2, -0.15) is 0 Å². The number of allylic oxidation sites excluding steroid dienone is 4. The number of esters is 3. The number of aliphatic hydroxyl groups is 4. The zero-order valence-electron chi connectivity index (χ0n) is 28.2. The molecule has 4 rings (SSSR count). The van der Waals surface area contributed by atoms with Crippen molar-refractivity contribution >= 4 is 17.9 Å². The second-order valence-electron chi connectivity index (χ2n) is 12.6. The van der Waals surface area contributed by atoms with Gasteiger partial charge < -0.3 is 53.6 Å². The quantitative estimate of drug-likeness (QED) is 0.191. The number of carbonyl (C=O) groups excluding carboxylic acids is 3. The summed E-state index contributed by atoms with van der Waals surface area (Å²) in [4.78, 5) is 35.8. The maximum atomic E-state index is 12.7. The fourth-order valence-electron chi connectivity index (χ4n) is 5.74. The lowest BCUT2D eigenvalue weighted by molar-refractivity contribution is -0.371. The predicted octanol–water partition coefficient (Wildman–Crippen LogP) is 2.13. The van der Waals surface area contributed by atoms with Crippen LogP contribution in [0.3, 0.4) is 0 Å². The third-order valence-electron chi connectivity index (χ3n) is 8.45. The molecule has 11 atom stereocenters. The summed E-state index contributed by atoms with van der Waals surface area (Å²) in [7, 11) is 0. The Kier molecular flexibility index (Phi) is 17.4. The highest BCUT2D eigenvalue weighted by Crippen LogP contribution is 2.32. The standard InChI is InChI=1S/C34H54O14/c1-21-17-15-13-11-9-7-5-4-6-8-10-12-14-16-18-26(37)47-31-25(20-43-23(3)36)46-33(30(41)29(31)40)48-32-28(39)27(38)24(19-42-22(2)35)45-34(32)44-21/h4-5,8,10,21,24-25,27-34,38-41H,6-7,9,11-20H2,1-3H3/b5-4-,10-8-/t21?,24-,25-,27-,28+,29-,30-,31-,32-,33+,34-/m1/s1. The summed E-state index contributed by atoms with van der Waals surface area (Å²) >= 11 is 0. The van der Waals surface area contributed by atoms with E-state index in [2.05, 4.69) is 24.3 Å². The zero-order chi connectivity index (χ0) is 35.1. The maximum Gasteiger partial charge on any atom is 0.306 e. The van der Waals surface area contributed by atoms with E-state index in [0.717, 1.165) is 51.4 Å². The van der Waals surface area contributed by atoms with Crippen LogP contribution in [0.2, 0.25) is 0 Å². The number of aliphatic hydroxyl groups excluding tert-OH is 4. The first-order chi connectivity index (χ1) is 23.0. The molecule has 274 valence electrons. The molecule has 2 fully saturated rings. The van der Waals surface area contributed by atoms with Gasteiger partial charge in [0.05, 0.1) is 6.10 Å². The van der Waals surface area contributed by atoms with Crippen LogP contribution in [-0.2, 0) is 47.5 Å². The number of fused-ring (bicyclic) bond motifs is 18. The van der Waals surface area contributed by atoms with Crippen LogP contribution in [0.4, 0.5) is 0 Å². The smallest absolute Gasteiger partial charge is 0.306 e. The van der Waals surface area contributed by atoms with Gasteiger partial charge in [-0.1, -0.05) is 43.6 Å². The van der Waals surface area contributed by atoms with Gasteiger partial charge >= 0.3 is 17.9 Å². The van der Waals surface area contributed by atoms with Gasteiger partial charge in [0.1, 0.15) is 55.9 Å². The Labute approximate surface area is 282 Å². The molecule has 0 radical (unpaired) electrons. The van der Waals surface area contributed by atoms with Crippen molar-refractivity contribution in [3.63, 3.8) is 0 Å². The molecule has 0 spiro atoms. The highest BCUT2D eigenvalue weighted by atomic mass is 16.8. The predicted molar refractivity (Wildman–Crippen MR) is 169 cm³/mol. The molecule has 2 saturated heterocycles. The first-order valence-corrected chi connectivity index (χ1v) is 17.1. The molecule has 14 heteroatoms. The third kappa shape index (κ3) is 13.1. The van der Waals surface area contributed by atoms with Gasteiger partial charge in [0.15, 0.2) is 18.7 Å². The largest absolute Gasteiger partial charge is 0.463 e. The van der Waals surface area contributed by atoms with Crippen molar-refractivity contribution in [2.24, 2.45) is 0 Å². The van der Waals surface area contributed by atoms with E-state index >= 15 is 0 Å². The van der Waals surface area contributed by atoms with Gasteiger partial charge in [0.25, 0.3) is 0 Å². The van der Waals surface area contributed by atoms with E-state index in [0.29, 0.717) is 12.8 Å². The normalized spacial score (nSPS) is 38.1. The molecule has 0 saturated carbocycles. The van der Waals surface area contributed by atoms with Gasteiger partial charge in [-0.3, -0.25) is 14.4 Å². The molecule has 1 unspecified atom stereocenters. The van der Waals surface area contributed by atoms with Crippen molar-refractivity contribution < 1.29 is 68.0 Å². The van der Waals surface area contributed by atoms with E-state index in [4.69, 9.17) is 33.2 Å². The topological polar surface area (TPSA) is 197 Å². The summed E-state index contributed by atoms with van der Waals surface area (Å²) in [5, 5.41) is 44.2. The van der Waals surface area contributed by atoms with Crippen LogP contribution in [0.1, 0.15) is 91.4 Å². The molecular weight excluding hydrogens is 632 g/mol. The SMILES string of the molecule is CC(=O)OC[C@H]1O[C@H]2OC(C)CCCCCC/C=C\C/C=C\CCCCC(=O)O[C@H]3[C@H](O)[C@@H](O)[C@H](O[C@@H]2[C@@H](O)[C@@H]1O)O[C@@H]3COC(C)=O. The summed E-state index contributed by atoms with van der Waals surface area (Å²) < 4.78 is 39.5. The van der Waals surface area contributed by atoms with E-state index in [1.165, 1.54) is 13.8 Å². The molecule has 2 bridgehead atoms. The third-order valence-corrected chi connectivity index (χ3v) is 8.45. The summed E-state index contributed by atoms with van der Waals surface area (Å²) in [6, 6.07) is 0. The zero-order valence-corrected chi connectivity index (χ0v) is 28.2. The van der Waals surface area contributed by atoms with Gasteiger partial charge in [-0.25, -0.2) is 0 Å². The molecule has 0 aromatic carbocycles. The summed E-state index contributed by atoms with van der Waals surface area (Å²) in [6.07, 6.45) is 1.65. The lowest BCUT2D eigenvalue weighted by Crippen LogP contribution is -2.65. The van der Waals surface area contributed by atoms with Crippen molar-refractivity contribution in [2.45, 2.75) is 159 Å². The van der Waals surface area contributed by atoms with Crippen molar-refractivity contribution in [1.29, 1.82) is 0 Å². The summed E-state index contributed by atoms with van der Waals surface area (Å²) in [6.45, 7) is 3.39. The molecule has 0 amide bonds. The number of ether oxygens (including phenoxy) is 7. The minimum absolute atomic E-state index is 0.0580. The van der Waals surface area contributed by atoms with Crippen molar-refractivity contribution in [3.05, 3.63) is 24.3 Å². The van der Waals surface area contributed by atoms with E-state index in [1.807, 2.05) is 6.92 Å². The molecule has 4 heterocycles. The van der Waals surface area contributed by atoms with Crippen molar-refractivity contribution in [3.8, 4) is 0 Å². The van der Waals surface area contributed by atoms with E-state index < -0.39 is 85.9 Å². The van der Waals surface area contributed by atoms with Gasteiger partial charge in [-0.15, -0.1) is 0 Å². The van der Waals surface area contributed by atoms with E-state index in [9.17, 15) is 34.8 Å². The second kappa shape index (κ2) is 20.9. The molecule has 0 aromatic heterocycles. The van der Waals surface area contributed by atoms with Gasteiger partial charge in [-0.05, 0) is 51.9 Å². The fraction of sp³-hybridized carbons (Fsp3) is 0.794. The Morgan fingerprint density at radius 2 is 1.27 bits per heavy atom. The highest BCUT2D eigenvalue weighted by molar-refractivity contribution is 5.69. The highest BCUT2D eigenvalue weighted by Gasteiger charge is 2.52. The van der Waals surface area contributed by atoms with Crippen LogP contribution >= 0.6 is 0 Å². The number of hydrogen-bond donors (Lipinski definition) is 4. The Morgan fingerprint density at radius 3 is 1.94 bits per heavy atom. The molecule has 4 aliphatic heterocycles. The number of hydrogen-bond acceptors (Lipinski definition) is 14. The number of carbonyl (C=O) groups is 3. The van der Waals surface area contributed by atoms with Crippen molar-refractivity contribution in [2.75, 3.05) is 13.2 Å². The Morgan fingerprint density at radius 1 is 0.688 bits per heavy atom. The lowest BCUT2D eigenvalue weighted by Gasteiger charge is -2.47. The minimum atomic E-state index is -1.80. The fourth-order valence-corrected chi connectivity index (χ4v) is 5.74. The van der Waals surface area contributed by atoms with Gasteiger partial charge in [0, 0.05) is 20.3 Å². The first kappa shape index (κ1) is 40.0. The molecule has 4 N–H and O–H groups in total. The maximum absolute atomic E-state index is 12.7. The monoisotopic (exact) mass is 686 g/mol. The van der Waals surface area contributed by atoms with Crippen LogP contribution in [0, 0.1) is 0 Å². The molecule has 4 aliphatic rings. The molecule has 14 nitrogen and oxygen atoms in total. The lowest BCUT2D eigenvalue weighted by atomic mass is 9.97. The molecular formula is C34H54O14. The molecule has 0 aromatic rings. The Bertz CT molecular complexity index is 1050. The van der Waals surface area contributed by atoms with Crippen LogP contribution in [0.5, 0.6) is 0 Å². The van der Waals surface area contributed by atoms with Crippen molar-refractivity contribution in [1.82, 2.24) is 0 Å². The summed E-state index contributed by atoms with van der Waals surface area (Å²) in [5.41, 5.74) is 0. The van der Waals surface area contributed by atoms with E-state index in [1.54, 1.807) is 0 Å². The molecule has 48 heavy (non-hydrogen) atoms. The second-order valence-corrected chi connectivity index (χ2v) is 12.6.